The van der Waals surface area contributed by atoms with E-state index in [0.29, 0.717) is 0 Å². The van der Waals surface area contributed by atoms with E-state index in [9.17, 15) is 13.2 Å². The fourth-order valence-corrected chi connectivity index (χ4v) is 2.33. The number of carbonyl (C=O) groups excluding carboxylic acids is 1. The maximum absolute atomic E-state index is 11.8. The van der Waals surface area contributed by atoms with Crippen molar-refractivity contribution in [1.29, 1.82) is 0 Å². The molecule has 2 N–H and O–H groups in total. The van der Waals surface area contributed by atoms with Gasteiger partial charge in [0.15, 0.2) is 0 Å². The minimum atomic E-state index is -3.58. The molecule has 0 aliphatic heterocycles. The van der Waals surface area contributed by atoms with Crippen molar-refractivity contribution in [2.24, 2.45) is 0 Å². The van der Waals surface area contributed by atoms with E-state index in [-0.39, 0.29) is 29.8 Å². The Balaban J connectivity index is 2.43. The zero-order valence-electron chi connectivity index (χ0n) is 11.1. The highest BCUT2D eigenvalue weighted by atomic mass is 32.2. The second-order valence-corrected chi connectivity index (χ2v) is 5.98. The van der Waals surface area contributed by atoms with Gasteiger partial charge in [0.1, 0.15) is 4.90 Å². The first-order chi connectivity index (χ1) is 8.95. The van der Waals surface area contributed by atoms with E-state index in [0.717, 1.165) is 6.42 Å². The van der Waals surface area contributed by atoms with Gasteiger partial charge in [0.05, 0.1) is 0 Å². The van der Waals surface area contributed by atoms with Crippen LogP contribution < -0.4 is 10.0 Å². The highest BCUT2D eigenvalue weighted by molar-refractivity contribution is 7.89. The molecular weight excluding hydrogens is 266 g/mol. The van der Waals surface area contributed by atoms with E-state index in [1.54, 1.807) is 6.07 Å². The first-order valence-electron chi connectivity index (χ1n) is 6.14. The van der Waals surface area contributed by atoms with Gasteiger partial charge in [0.2, 0.25) is 15.9 Å². The maximum atomic E-state index is 11.8. The third kappa shape index (κ3) is 5.35. The number of sulfonamides is 1. The lowest BCUT2D eigenvalue weighted by Crippen LogP contribution is -2.35. The van der Waals surface area contributed by atoms with E-state index in [1.807, 2.05) is 13.8 Å². The summed E-state index contributed by atoms with van der Waals surface area (Å²) in [6.45, 7) is 3.94. The Morgan fingerprint density at radius 1 is 1.47 bits per heavy atom. The molecular formula is C12H19N3O3S. The van der Waals surface area contributed by atoms with Crippen molar-refractivity contribution in [3.05, 3.63) is 24.5 Å². The maximum Gasteiger partial charge on any atom is 0.242 e. The van der Waals surface area contributed by atoms with Crippen LogP contribution >= 0.6 is 0 Å². The van der Waals surface area contributed by atoms with Gasteiger partial charge < -0.3 is 5.32 Å². The molecule has 0 aliphatic carbocycles. The summed E-state index contributed by atoms with van der Waals surface area (Å²) in [6, 6.07) is 3.10. The summed E-state index contributed by atoms with van der Waals surface area (Å²) in [5.74, 6) is -0.164. The molecule has 106 valence electrons. The molecule has 0 saturated heterocycles. The highest BCUT2D eigenvalue weighted by Gasteiger charge is 2.14. The van der Waals surface area contributed by atoms with Crippen molar-refractivity contribution < 1.29 is 13.2 Å². The first-order valence-corrected chi connectivity index (χ1v) is 7.63. The highest BCUT2D eigenvalue weighted by Crippen LogP contribution is 2.04. The Labute approximate surface area is 113 Å². The van der Waals surface area contributed by atoms with Gasteiger partial charge in [-0.3, -0.25) is 9.78 Å². The minimum absolute atomic E-state index is 0.0689. The lowest BCUT2D eigenvalue weighted by atomic mass is 10.2. The van der Waals surface area contributed by atoms with E-state index in [1.165, 1.54) is 18.5 Å². The minimum Gasteiger partial charge on any atom is -0.354 e. The van der Waals surface area contributed by atoms with Crippen molar-refractivity contribution in [2.75, 3.05) is 6.54 Å². The molecule has 1 unspecified atom stereocenters. The first kappa shape index (κ1) is 15.6. The molecule has 1 heterocycles. The molecule has 0 aromatic carbocycles. The van der Waals surface area contributed by atoms with Gasteiger partial charge in [0.25, 0.3) is 0 Å². The Morgan fingerprint density at radius 2 is 2.21 bits per heavy atom. The number of pyridine rings is 1. The molecule has 0 saturated carbocycles. The third-order valence-electron chi connectivity index (χ3n) is 2.61. The molecule has 0 radical (unpaired) electrons. The lowest BCUT2D eigenvalue weighted by Gasteiger charge is -2.11. The van der Waals surface area contributed by atoms with Crippen molar-refractivity contribution in [1.82, 2.24) is 15.0 Å². The van der Waals surface area contributed by atoms with Crippen molar-refractivity contribution in [3.63, 3.8) is 0 Å². The number of aromatic nitrogens is 1. The van der Waals surface area contributed by atoms with Crippen molar-refractivity contribution in [2.45, 2.75) is 37.6 Å². The van der Waals surface area contributed by atoms with Crippen molar-refractivity contribution in [3.8, 4) is 0 Å². The number of rotatable bonds is 7. The van der Waals surface area contributed by atoms with Crippen LogP contribution in [0.15, 0.2) is 29.4 Å². The summed E-state index contributed by atoms with van der Waals surface area (Å²) >= 11 is 0. The molecule has 6 nitrogen and oxygen atoms in total. The molecule has 0 aliphatic rings. The van der Waals surface area contributed by atoms with E-state index in [4.69, 9.17) is 0 Å². The van der Waals surface area contributed by atoms with Crippen LogP contribution in [0.1, 0.15) is 26.7 Å². The van der Waals surface area contributed by atoms with Crippen LogP contribution in [0.5, 0.6) is 0 Å². The standard InChI is InChI=1S/C12H19N3O3S/c1-3-10(2)15-12(16)6-8-14-19(17,18)11-5-4-7-13-9-11/h4-5,7,9-10,14H,3,6,8H2,1-2H3,(H,15,16). The summed E-state index contributed by atoms with van der Waals surface area (Å²) in [5.41, 5.74) is 0. The van der Waals surface area contributed by atoms with Gasteiger partial charge in [-0.05, 0) is 25.5 Å². The smallest absolute Gasteiger partial charge is 0.242 e. The summed E-state index contributed by atoms with van der Waals surface area (Å²) in [6.07, 6.45) is 3.72. The molecule has 1 rings (SSSR count). The Morgan fingerprint density at radius 3 is 2.79 bits per heavy atom. The summed E-state index contributed by atoms with van der Waals surface area (Å²) in [5, 5.41) is 2.77. The predicted molar refractivity (Wildman–Crippen MR) is 71.9 cm³/mol. The Hall–Kier alpha value is -1.47. The van der Waals surface area contributed by atoms with Crippen LogP contribution in [0.2, 0.25) is 0 Å². The van der Waals surface area contributed by atoms with Crippen LogP contribution in [0.3, 0.4) is 0 Å². The normalized spacial score (nSPS) is 12.9. The van der Waals surface area contributed by atoms with Crippen LogP contribution in [0.25, 0.3) is 0 Å². The number of hydrogen-bond donors (Lipinski definition) is 2. The fourth-order valence-electron chi connectivity index (χ4n) is 1.34. The predicted octanol–water partition coefficient (Wildman–Crippen LogP) is 0.665. The average Bonchev–Trinajstić information content (AvgIpc) is 2.39. The largest absolute Gasteiger partial charge is 0.354 e. The summed E-state index contributed by atoms with van der Waals surface area (Å²) < 4.78 is 26.0. The number of hydrogen-bond acceptors (Lipinski definition) is 4. The Bertz CT molecular complexity index is 502. The molecule has 1 aromatic heterocycles. The fraction of sp³-hybridized carbons (Fsp3) is 0.500. The van der Waals surface area contributed by atoms with Crippen molar-refractivity contribution >= 4 is 15.9 Å². The van der Waals surface area contributed by atoms with Crippen LogP contribution in [0.4, 0.5) is 0 Å². The van der Waals surface area contributed by atoms with E-state index in [2.05, 4.69) is 15.0 Å². The topological polar surface area (TPSA) is 88.2 Å². The summed E-state index contributed by atoms with van der Waals surface area (Å²) in [7, 11) is -3.58. The average molecular weight is 285 g/mol. The summed E-state index contributed by atoms with van der Waals surface area (Å²) in [4.78, 5) is 15.3. The second-order valence-electron chi connectivity index (χ2n) is 4.21. The van der Waals surface area contributed by atoms with E-state index < -0.39 is 10.0 Å². The van der Waals surface area contributed by atoms with Crippen LogP contribution in [0, 0.1) is 0 Å². The lowest BCUT2D eigenvalue weighted by molar-refractivity contribution is -0.121. The molecule has 1 aromatic rings. The molecule has 1 amide bonds. The second kappa shape index (κ2) is 7.20. The zero-order valence-corrected chi connectivity index (χ0v) is 11.9. The van der Waals surface area contributed by atoms with Gasteiger partial charge in [-0.1, -0.05) is 6.92 Å². The van der Waals surface area contributed by atoms with Gasteiger partial charge in [-0.25, -0.2) is 13.1 Å². The number of nitrogens with one attached hydrogen (secondary N) is 2. The molecule has 7 heteroatoms. The van der Waals surface area contributed by atoms with Gasteiger partial charge in [-0.2, -0.15) is 0 Å². The number of amides is 1. The van der Waals surface area contributed by atoms with Gasteiger partial charge in [0, 0.05) is 31.4 Å². The van der Waals surface area contributed by atoms with Gasteiger partial charge in [-0.15, -0.1) is 0 Å². The third-order valence-corrected chi connectivity index (χ3v) is 4.05. The molecule has 0 spiro atoms. The zero-order chi connectivity index (χ0) is 14.3. The number of carbonyl (C=O) groups is 1. The molecule has 19 heavy (non-hydrogen) atoms. The van der Waals surface area contributed by atoms with Crippen LogP contribution in [-0.2, 0) is 14.8 Å². The van der Waals surface area contributed by atoms with Gasteiger partial charge >= 0.3 is 0 Å². The molecule has 0 bridgehead atoms. The molecule has 1 atom stereocenters. The van der Waals surface area contributed by atoms with Crippen LogP contribution in [-0.4, -0.2) is 31.9 Å². The monoisotopic (exact) mass is 285 g/mol. The number of nitrogens with zero attached hydrogens (tertiary/aromatic N) is 1. The molecule has 0 fully saturated rings. The SMILES string of the molecule is CCC(C)NC(=O)CCNS(=O)(=O)c1cccnc1. The quantitative estimate of drug-likeness (QED) is 0.770. The Kier molecular flexibility index (Phi) is 5.91. The van der Waals surface area contributed by atoms with E-state index >= 15 is 0 Å².